The molecule has 0 aliphatic carbocycles. The van der Waals surface area contributed by atoms with Crippen LogP contribution in [-0.4, -0.2) is 89.3 Å². The van der Waals surface area contributed by atoms with E-state index in [1.807, 2.05) is 60.7 Å². The van der Waals surface area contributed by atoms with Gasteiger partial charge in [0, 0.05) is 24.2 Å². The van der Waals surface area contributed by atoms with Gasteiger partial charge >= 0.3 is 22.3 Å². The molecule has 8 atom stereocenters. The van der Waals surface area contributed by atoms with Crippen molar-refractivity contribution < 1.29 is 46.8 Å². The molecule has 2 aromatic rings. The van der Waals surface area contributed by atoms with Crippen LogP contribution in [0.25, 0.3) is 0 Å². The smallest absolute Gasteiger partial charge is 0.394 e. The summed E-state index contributed by atoms with van der Waals surface area (Å²) in [5.41, 5.74) is 1.63. The molecule has 4 aliphatic heterocycles. The summed E-state index contributed by atoms with van der Waals surface area (Å²) in [6.07, 6.45) is 8.32. The predicted molar refractivity (Wildman–Crippen MR) is 165 cm³/mol. The van der Waals surface area contributed by atoms with Crippen LogP contribution in [0.4, 0.5) is 0 Å². The monoisotopic (exact) mass is 648 g/mol. The molecule has 12 nitrogen and oxygen atoms in total. The number of carbonyl (C=O) groups excluding carboxylic acids is 2. The summed E-state index contributed by atoms with van der Waals surface area (Å²) in [4.78, 5) is 24.5. The number of esters is 2. The summed E-state index contributed by atoms with van der Waals surface area (Å²) >= 11 is 0. The SMILES string of the molecule is O=C(OC1C[C@H]2CC[C@@H](C1)N2)C(CO)c1ccccc1.O=C(OC1C[C@H]2CC[C@@H](C1)N2)C(CO)c1ccccc1.O=S(=O)(O)O. The van der Waals surface area contributed by atoms with Crippen LogP contribution in [0.2, 0.25) is 0 Å². The predicted octanol–water partition coefficient (Wildman–Crippen LogP) is 2.52. The van der Waals surface area contributed by atoms with Crippen molar-refractivity contribution in [1.82, 2.24) is 10.6 Å². The van der Waals surface area contributed by atoms with Gasteiger partial charge in [0.05, 0.1) is 13.2 Å². The van der Waals surface area contributed by atoms with Crippen LogP contribution in [0.5, 0.6) is 0 Å². The molecule has 6 N–H and O–H groups in total. The van der Waals surface area contributed by atoms with Gasteiger partial charge in [-0.2, -0.15) is 8.42 Å². The zero-order chi connectivity index (χ0) is 32.4. The number of hydrogen-bond acceptors (Lipinski definition) is 10. The van der Waals surface area contributed by atoms with Gasteiger partial charge in [-0.3, -0.25) is 18.7 Å². The first-order valence-electron chi connectivity index (χ1n) is 15.5. The van der Waals surface area contributed by atoms with Gasteiger partial charge in [0.2, 0.25) is 0 Å². The van der Waals surface area contributed by atoms with E-state index in [2.05, 4.69) is 10.6 Å². The molecule has 0 saturated carbocycles. The lowest BCUT2D eigenvalue weighted by atomic mass is 9.99. The topological polar surface area (TPSA) is 192 Å². The van der Waals surface area contributed by atoms with Gasteiger partial charge in [-0.15, -0.1) is 0 Å². The average molecular weight is 649 g/mol. The van der Waals surface area contributed by atoms with Crippen molar-refractivity contribution in [3.05, 3.63) is 71.8 Å². The Kier molecular flexibility index (Phi) is 12.9. The molecule has 4 fully saturated rings. The fourth-order valence-corrected chi connectivity index (χ4v) is 6.70. The van der Waals surface area contributed by atoms with Gasteiger partial charge in [0.25, 0.3) is 0 Å². The van der Waals surface area contributed by atoms with Crippen LogP contribution >= 0.6 is 0 Å². The van der Waals surface area contributed by atoms with E-state index in [1.165, 1.54) is 25.7 Å². The molecule has 45 heavy (non-hydrogen) atoms. The van der Waals surface area contributed by atoms with Crippen LogP contribution in [0, 0.1) is 0 Å². The molecular formula is C32H44N2O10S. The van der Waals surface area contributed by atoms with E-state index in [0.29, 0.717) is 24.2 Å². The molecule has 4 heterocycles. The van der Waals surface area contributed by atoms with Gasteiger partial charge in [-0.05, 0) is 62.5 Å². The van der Waals surface area contributed by atoms with Crippen LogP contribution < -0.4 is 10.6 Å². The number of aliphatic hydroxyl groups excluding tert-OH is 2. The van der Waals surface area contributed by atoms with Crippen molar-refractivity contribution >= 4 is 22.3 Å². The highest BCUT2D eigenvalue weighted by Crippen LogP contribution is 2.31. The summed E-state index contributed by atoms with van der Waals surface area (Å²) < 4.78 is 42.9. The number of rotatable bonds is 8. The quantitative estimate of drug-likeness (QED) is 0.181. The first-order chi connectivity index (χ1) is 21.5. The lowest BCUT2D eigenvalue weighted by Crippen LogP contribution is -2.42. The average Bonchev–Trinajstić information content (AvgIpc) is 3.53. The largest absolute Gasteiger partial charge is 0.462 e. The summed E-state index contributed by atoms with van der Waals surface area (Å²) in [7, 11) is -4.67. The van der Waals surface area contributed by atoms with E-state index in [0.717, 1.165) is 36.8 Å². The molecule has 13 heteroatoms. The highest BCUT2D eigenvalue weighted by molar-refractivity contribution is 7.79. The number of piperidine rings is 2. The number of nitrogens with one attached hydrogen (secondary N) is 2. The van der Waals surface area contributed by atoms with Gasteiger partial charge in [-0.1, -0.05) is 60.7 Å². The Morgan fingerprint density at radius 3 is 1.20 bits per heavy atom. The Hall–Kier alpha value is -2.91. The summed E-state index contributed by atoms with van der Waals surface area (Å²) in [6, 6.07) is 20.7. The van der Waals surface area contributed by atoms with E-state index in [9.17, 15) is 19.8 Å². The third kappa shape index (κ3) is 11.1. The lowest BCUT2D eigenvalue weighted by molar-refractivity contribution is -0.154. The number of aliphatic hydroxyl groups is 2. The van der Waals surface area contributed by atoms with Crippen molar-refractivity contribution in [2.75, 3.05) is 13.2 Å². The van der Waals surface area contributed by atoms with E-state index in [1.54, 1.807) is 0 Å². The maximum Gasteiger partial charge on any atom is 0.394 e. The molecule has 4 bridgehead atoms. The molecular weight excluding hydrogens is 604 g/mol. The van der Waals surface area contributed by atoms with Gasteiger partial charge < -0.3 is 30.3 Å². The minimum atomic E-state index is -4.67. The molecule has 4 aliphatic rings. The van der Waals surface area contributed by atoms with Gasteiger partial charge in [0.1, 0.15) is 24.0 Å². The Morgan fingerprint density at radius 2 is 0.933 bits per heavy atom. The van der Waals surface area contributed by atoms with Crippen molar-refractivity contribution in [3.8, 4) is 0 Å². The minimum absolute atomic E-state index is 0.000915. The maximum atomic E-state index is 12.3. The number of ether oxygens (including phenoxy) is 2. The van der Waals surface area contributed by atoms with E-state index in [-0.39, 0.29) is 37.4 Å². The second kappa shape index (κ2) is 16.6. The maximum absolute atomic E-state index is 12.3. The van der Waals surface area contributed by atoms with E-state index >= 15 is 0 Å². The van der Waals surface area contributed by atoms with Crippen molar-refractivity contribution in [1.29, 1.82) is 0 Å². The summed E-state index contributed by atoms with van der Waals surface area (Å²) in [5.74, 6) is -1.73. The molecule has 0 aromatic heterocycles. The molecule has 4 unspecified atom stereocenters. The minimum Gasteiger partial charge on any atom is -0.462 e. The second-order valence-electron chi connectivity index (χ2n) is 12.1. The number of hydrogen-bond donors (Lipinski definition) is 6. The Labute approximate surface area is 264 Å². The van der Waals surface area contributed by atoms with Crippen molar-refractivity contribution in [2.45, 2.75) is 99.6 Å². The zero-order valence-corrected chi connectivity index (χ0v) is 25.9. The molecule has 4 saturated heterocycles. The van der Waals surface area contributed by atoms with Crippen LogP contribution in [0.1, 0.15) is 74.3 Å². The number of fused-ring (bicyclic) bond motifs is 4. The van der Waals surface area contributed by atoms with Gasteiger partial charge in [-0.25, -0.2) is 0 Å². The van der Waals surface area contributed by atoms with Gasteiger partial charge in [0.15, 0.2) is 0 Å². The van der Waals surface area contributed by atoms with Crippen molar-refractivity contribution in [3.63, 3.8) is 0 Å². The summed E-state index contributed by atoms with van der Waals surface area (Å²) in [6.45, 7) is -0.415. The fourth-order valence-electron chi connectivity index (χ4n) is 6.70. The Balaban J connectivity index is 0.000000179. The Morgan fingerprint density at radius 1 is 0.644 bits per heavy atom. The molecule has 0 spiro atoms. The third-order valence-corrected chi connectivity index (χ3v) is 8.76. The van der Waals surface area contributed by atoms with E-state index < -0.39 is 22.2 Å². The summed E-state index contributed by atoms with van der Waals surface area (Å²) in [5, 5.41) is 26.0. The molecule has 248 valence electrons. The van der Waals surface area contributed by atoms with Crippen LogP contribution in [0.3, 0.4) is 0 Å². The molecule has 6 rings (SSSR count). The molecule has 0 amide bonds. The second-order valence-corrected chi connectivity index (χ2v) is 13.0. The Bertz CT molecular complexity index is 1210. The zero-order valence-electron chi connectivity index (χ0n) is 25.1. The van der Waals surface area contributed by atoms with Crippen LogP contribution in [0.15, 0.2) is 60.7 Å². The highest BCUT2D eigenvalue weighted by atomic mass is 32.3. The fraction of sp³-hybridized carbons (Fsp3) is 0.562. The first kappa shape index (κ1) is 35.0. The number of carbonyl (C=O) groups is 2. The highest BCUT2D eigenvalue weighted by Gasteiger charge is 2.37. The first-order valence-corrected chi connectivity index (χ1v) is 16.9. The standard InChI is InChI=1S/2C16H21NO3.H2O4S/c2*18-10-15(11-4-2-1-3-5-11)16(19)20-14-8-12-6-7-13(9-14)17-12;1-5(2,3)4/h2*1-5,12-15,17-18H,6-10H2;(H2,1,2,3,4)/t2*12-,13+,14?,15?;. The lowest BCUT2D eigenvalue weighted by Gasteiger charge is -2.29. The van der Waals surface area contributed by atoms with E-state index in [4.69, 9.17) is 27.0 Å². The normalized spacial score (nSPS) is 27.9. The molecule has 0 radical (unpaired) electrons. The molecule has 2 aromatic carbocycles. The van der Waals surface area contributed by atoms with Crippen LogP contribution in [-0.2, 0) is 29.5 Å². The number of benzene rings is 2. The van der Waals surface area contributed by atoms with Crippen molar-refractivity contribution in [2.24, 2.45) is 0 Å². The third-order valence-electron chi connectivity index (χ3n) is 8.76.